The first kappa shape index (κ1) is 46.3. The highest BCUT2D eigenvalue weighted by molar-refractivity contribution is 8.01. The van der Waals surface area contributed by atoms with Gasteiger partial charge in [-0.1, -0.05) is 107 Å². The molecule has 298 valence electrons. The van der Waals surface area contributed by atoms with Crippen LogP contribution in [0.5, 0.6) is 0 Å². The number of ether oxygens (including phenoxy) is 2. The molecular formula is C43H58N4O4S4. The smallest absolute Gasteiger partial charge is 0.319 e. The lowest BCUT2D eigenvalue weighted by molar-refractivity contribution is -0.143. The van der Waals surface area contributed by atoms with Crippen molar-refractivity contribution >= 4 is 59.0 Å². The molecule has 0 aliphatic carbocycles. The molecule has 0 radical (unpaired) electrons. The molecule has 0 fully saturated rings. The second-order valence-corrected chi connectivity index (χ2v) is 17.7. The van der Waals surface area contributed by atoms with Gasteiger partial charge in [-0.05, 0) is 75.9 Å². The molecule has 4 rings (SSSR count). The van der Waals surface area contributed by atoms with E-state index in [2.05, 4.69) is 33.8 Å². The van der Waals surface area contributed by atoms with Crippen LogP contribution in [-0.4, -0.2) is 67.1 Å². The van der Waals surface area contributed by atoms with Gasteiger partial charge in [0.05, 0.1) is 13.2 Å². The van der Waals surface area contributed by atoms with Crippen molar-refractivity contribution in [2.75, 3.05) is 24.7 Å². The zero-order valence-corrected chi connectivity index (χ0v) is 36.6. The Kier molecular flexibility index (Phi) is 23.2. The maximum Gasteiger partial charge on any atom is 0.319 e. The molecule has 0 amide bonds. The summed E-state index contributed by atoms with van der Waals surface area (Å²) in [6.07, 6.45) is 19.0. The number of aromatic nitrogens is 4. The molecule has 0 spiro atoms. The molecule has 0 saturated carbocycles. The number of unbranched alkanes of at least 4 members (excludes halogenated alkanes) is 7. The number of carbonyl (C=O) groups is 2. The van der Waals surface area contributed by atoms with E-state index in [1.807, 2.05) is 101 Å². The highest BCUT2D eigenvalue weighted by atomic mass is 32.2. The van der Waals surface area contributed by atoms with Crippen molar-refractivity contribution in [2.24, 2.45) is 0 Å². The van der Waals surface area contributed by atoms with E-state index in [-0.39, 0.29) is 22.4 Å². The fourth-order valence-corrected chi connectivity index (χ4v) is 8.42. The lowest BCUT2D eigenvalue weighted by Crippen LogP contribution is -2.16. The third kappa shape index (κ3) is 18.2. The van der Waals surface area contributed by atoms with E-state index in [9.17, 15) is 9.59 Å². The Morgan fingerprint density at radius 3 is 1.20 bits per heavy atom. The monoisotopic (exact) mass is 822 g/mol. The van der Waals surface area contributed by atoms with Gasteiger partial charge in [0.15, 0.2) is 10.3 Å². The second kappa shape index (κ2) is 27.5. The SMILES string of the molecule is CCCCCCCSc1ncc(-c2ccc(S[C@H](C)C(=O)OCC)cc2)cn1.CCCCCCSc1ncc(-c2ccc(S[C@H](C)C(=O)OCC)cc2)cn1. The molecule has 0 bridgehead atoms. The van der Waals surface area contributed by atoms with Gasteiger partial charge in [0.2, 0.25) is 0 Å². The largest absolute Gasteiger partial charge is 0.465 e. The van der Waals surface area contributed by atoms with Gasteiger partial charge in [0, 0.05) is 57.2 Å². The minimum absolute atomic E-state index is 0.177. The number of esters is 2. The van der Waals surface area contributed by atoms with E-state index in [4.69, 9.17) is 9.47 Å². The summed E-state index contributed by atoms with van der Waals surface area (Å²) in [5.41, 5.74) is 4.15. The molecule has 2 heterocycles. The average Bonchev–Trinajstić information content (AvgIpc) is 3.20. The van der Waals surface area contributed by atoms with Crippen LogP contribution >= 0.6 is 47.0 Å². The molecule has 0 aliphatic heterocycles. The van der Waals surface area contributed by atoms with Gasteiger partial charge in [-0.15, -0.1) is 23.5 Å². The van der Waals surface area contributed by atoms with E-state index in [0.717, 1.165) is 53.9 Å². The molecule has 8 nitrogen and oxygen atoms in total. The fourth-order valence-electron chi connectivity index (χ4n) is 5.12. The predicted molar refractivity (Wildman–Crippen MR) is 233 cm³/mol. The van der Waals surface area contributed by atoms with Gasteiger partial charge < -0.3 is 9.47 Å². The predicted octanol–water partition coefficient (Wildman–Crippen LogP) is 12.1. The second-order valence-electron chi connectivity index (χ2n) is 12.8. The third-order valence-electron chi connectivity index (χ3n) is 8.20. The summed E-state index contributed by atoms with van der Waals surface area (Å²) in [5.74, 6) is 1.79. The molecule has 0 unspecified atom stereocenters. The first-order valence-electron chi connectivity index (χ1n) is 19.5. The van der Waals surface area contributed by atoms with Crippen molar-refractivity contribution < 1.29 is 19.1 Å². The first-order valence-corrected chi connectivity index (χ1v) is 23.3. The topological polar surface area (TPSA) is 104 Å². The zero-order chi connectivity index (χ0) is 39.7. The van der Waals surface area contributed by atoms with Crippen LogP contribution in [0.2, 0.25) is 0 Å². The number of nitrogens with zero attached hydrogens (tertiary/aromatic N) is 4. The number of carbonyl (C=O) groups excluding carboxylic acids is 2. The van der Waals surface area contributed by atoms with E-state index < -0.39 is 0 Å². The van der Waals surface area contributed by atoms with Crippen LogP contribution in [0, 0.1) is 0 Å². The Morgan fingerprint density at radius 2 is 0.855 bits per heavy atom. The molecule has 0 N–H and O–H groups in total. The van der Waals surface area contributed by atoms with Crippen LogP contribution < -0.4 is 0 Å². The molecule has 2 aromatic heterocycles. The molecule has 55 heavy (non-hydrogen) atoms. The number of rotatable bonds is 23. The summed E-state index contributed by atoms with van der Waals surface area (Å²) in [6.45, 7) is 12.7. The fraction of sp³-hybridized carbons (Fsp3) is 0.488. The molecule has 12 heteroatoms. The van der Waals surface area contributed by atoms with Crippen molar-refractivity contribution in [2.45, 2.75) is 130 Å². The lowest BCUT2D eigenvalue weighted by Gasteiger charge is -2.10. The standard InChI is InChI=1S/C22H30N2O2S2.C21H28N2O2S2/c1-4-6-7-8-9-14-27-22-23-15-19(16-24-22)18-10-12-20(13-11-18)28-17(3)21(25)26-5-2;1-4-6-7-8-13-26-21-22-14-18(15-23-21)17-9-11-19(12-10-17)27-16(3)20(24)25-5-2/h10-13,15-17H,4-9,14H2,1-3H3;9-12,14-16H,4-8,13H2,1-3H3/t17-;16-/m11/s1. The molecule has 0 saturated heterocycles. The maximum absolute atomic E-state index is 11.7. The number of benzene rings is 2. The van der Waals surface area contributed by atoms with Gasteiger partial charge in [0.25, 0.3) is 0 Å². The first-order chi connectivity index (χ1) is 26.8. The van der Waals surface area contributed by atoms with Crippen molar-refractivity contribution in [3.63, 3.8) is 0 Å². The third-order valence-corrected chi connectivity index (χ3v) is 12.3. The minimum atomic E-state index is -0.215. The Balaban J connectivity index is 0.000000296. The molecular weight excluding hydrogens is 765 g/mol. The quantitative estimate of drug-likeness (QED) is 0.0308. The van der Waals surface area contributed by atoms with Crippen LogP contribution in [0.1, 0.15) is 99.3 Å². The van der Waals surface area contributed by atoms with Gasteiger partial charge in [-0.3, -0.25) is 9.59 Å². The summed E-state index contributed by atoms with van der Waals surface area (Å²) in [7, 11) is 0. The van der Waals surface area contributed by atoms with Crippen molar-refractivity contribution in [3.8, 4) is 22.3 Å². The average molecular weight is 823 g/mol. The van der Waals surface area contributed by atoms with Crippen LogP contribution in [-0.2, 0) is 19.1 Å². The summed E-state index contributed by atoms with van der Waals surface area (Å²) in [6, 6.07) is 16.2. The van der Waals surface area contributed by atoms with Crippen molar-refractivity contribution in [1.82, 2.24) is 19.9 Å². The van der Waals surface area contributed by atoms with E-state index in [1.165, 1.54) is 81.3 Å². The minimum Gasteiger partial charge on any atom is -0.465 e. The van der Waals surface area contributed by atoms with Crippen LogP contribution in [0.15, 0.2) is 93.4 Å². The summed E-state index contributed by atoms with van der Waals surface area (Å²) >= 11 is 6.46. The van der Waals surface area contributed by atoms with Gasteiger partial charge in [-0.25, -0.2) is 19.9 Å². The Hall–Kier alpha value is -3.06. The van der Waals surface area contributed by atoms with Crippen LogP contribution in [0.4, 0.5) is 0 Å². The highest BCUT2D eigenvalue weighted by Gasteiger charge is 2.16. The van der Waals surface area contributed by atoms with Crippen molar-refractivity contribution in [1.29, 1.82) is 0 Å². The number of thioether (sulfide) groups is 4. The summed E-state index contributed by atoms with van der Waals surface area (Å²) in [4.78, 5) is 43.5. The summed E-state index contributed by atoms with van der Waals surface area (Å²) < 4.78 is 10.1. The Morgan fingerprint density at radius 1 is 0.509 bits per heavy atom. The molecule has 4 aromatic rings. The van der Waals surface area contributed by atoms with Crippen LogP contribution in [0.3, 0.4) is 0 Å². The summed E-state index contributed by atoms with van der Waals surface area (Å²) in [5, 5.41) is 1.25. The Bertz CT molecular complexity index is 1640. The van der Waals surface area contributed by atoms with Crippen LogP contribution in [0.25, 0.3) is 22.3 Å². The lowest BCUT2D eigenvalue weighted by atomic mass is 10.1. The highest BCUT2D eigenvalue weighted by Crippen LogP contribution is 2.29. The number of hydrogen-bond donors (Lipinski definition) is 0. The zero-order valence-electron chi connectivity index (χ0n) is 33.3. The normalized spacial score (nSPS) is 12.0. The Labute approximate surface area is 346 Å². The van der Waals surface area contributed by atoms with Gasteiger partial charge in [0.1, 0.15) is 10.5 Å². The van der Waals surface area contributed by atoms with Crippen molar-refractivity contribution in [3.05, 3.63) is 73.3 Å². The molecule has 0 aliphatic rings. The van der Waals surface area contributed by atoms with E-state index in [1.54, 1.807) is 23.5 Å². The maximum atomic E-state index is 11.7. The van der Waals surface area contributed by atoms with Gasteiger partial charge >= 0.3 is 11.9 Å². The molecule has 2 aromatic carbocycles. The van der Waals surface area contributed by atoms with Gasteiger partial charge in [-0.2, -0.15) is 0 Å². The number of hydrogen-bond acceptors (Lipinski definition) is 12. The molecule has 2 atom stereocenters. The van der Waals surface area contributed by atoms with E-state index in [0.29, 0.717) is 13.2 Å². The van der Waals surface area contributed by atoms with E-state index >= 15 is 0 Å².